The Balaban J connectivity index is 1.29. The summed E-state index contributed by atoms with van der Waals surface area (Å²) in [6.07, 6.45) is 6.99. The van der Waals surface area contributed by atoms with Crippen LogP contribution in [0.3, 0.4) is 0 Å². The number of rotatable bonds is 6. The highest BCUT2D eigenvalue weighted by Gasteiger charge is 2.17. The predicted molar refractivity (Wildman–Crippen MR) is 125 cm³/mol. The lowest BCUT2D eigenvalue weighted by Gasteiger charge is -2.27. The molecule has 0 aliphatic carbocycles. The Bertz CT molecular complexity index is 1090. The minimum Gasteiger partial charge on any atom is -0.488 e. The molecular formula is C23H27N7O3. The van der Waals surface area contributed by atoms with Crippen molar-refractivity contribution in [2.75, 3.05) is 55.5 Å². The van der Waals surface area contributed by atoms with Crippen molar-refractivity contribution in [3.63, 3.8) is 0 Å². The SMILES string of the molecule is Nc1cc(-c2ccnc(Nc3cncc(N4CCOCC4)n3)n2)ccc1OC1CCOCC1. The molecule has 2 fully saturated rings. The van der Waals surface area contributed by atoms with Crippen LogP contribution in [0.5, 0.6) is 5.75 Å². The second-order valence-electron chi connectivity index (χ2n) is 7.93. The van der Waals surface area contributed by atoms with Gasteiger partial charge >= 0.3 is 0 Å². The minimum atomic E-state index is 0.135. The Kier molecular flexibility index (Phi) is 6.45. The summed E-state index contributed by atoms with van der Waals surface area (Å²) in [6, 6.07) is 7.57. The first-order valence-electron chi connectivity index (χ1n) is 11.1. The maximum atomic E-state index is 6.28. The van der Waals surface area contributed by atoms with E-state index in [0.29, 0.717) is 36.4 Å². The van der Waals surface area contributed by atoms with E-state index >= 15 is 0 Å². The van der Waals surface area contributed by atoms with Gasteiger partial charge in [0, 0.05) is 37.7 Å². The second-order valence-corrected chi connectivity index (χ2v) is 7.93. The number of hydrogen-bond acceptors (Lipinski definition) is 10. The number of anilines is 4. The van der Waals surface area contributed by atoms with Crippen LogP contribution in [-0.4, -0.2) is 65.6 Å². The molecule has 3 aromatic rings. The molecule has 0 bridgehead atoms. The van der Waals surface area contributed by atoms with Gasteiger partial charge in [0.2, 0.25) is 5.95 Å². The number of hydrogen-bond donors (Lipinski definition) is 2. The first kappa shape index (κ1) is 21.4. The molecule has 2 saturated heterocycles. The van der Waals surface area contributed by atoms with E-state index < -0.39 is 0 Å². The van der Waals surface area contributed by atoms with Crippen LogP contribution < -0.4 is 20.7 Å². The van der Waals surface area contributed by atoms with Gasteiger partial charge in [-0.1, -0.05) is 0 Å². The molecule has 1 aromatic carbocycles. The Morgan fingerprint density at radius 2 is 1.82 bits per heavy atom. The molecule has 10 heteroatoms. The summed E-state index contributed by atoms with van der Waals surface area (Å²) in [7, 11) is 0. The molecule has 5 rings (SSSR count). The molecule has 0 spiro atoms. The summed E-state index contributed by atoms with van der Waals surface area (Å²) in [5.41, 5.74) is 8.48. The maximum Gasteiger partial charge on any atom is 0.228 e. The van der Waals surface area contributed by atoms with E-state index in [2.05, 4.69) is 30.2 Å². The quantitative estimate of drug-likeness (QED) is 0.543. The fourth-order valence-corrected chi connectivity index (χ4v) is 3.84. The number of morpholine rings is 1. The average molecular weight is 450 g/mol. The van der Waals surface area contributed by atoms with Crippen LogP contribution in [-0.2, 0) is 9.47 Å². The monoisotopic (exact) mass is 449 g/mol. The molecule has 0 unspecified atom stereocenters. The molecule has 2 aliphatic rings. The average Bonchev–Trinajstić information content (AvgIpc) is 2.87. The summed E-state index contributed by atoms with van der Waals surface area (Å²) in [5.74, 6) is 2.50. The highest BCUT2D eigenvalue weighted by molar-refractivity contribution is 5.69. The van der Waals surface area contributed by atoms with Crippen molar-refractivity contribution in [3.8, 4) is 17.0 Å². The first-order chi connectivity index (χ1) is 16.2. The van der Waals surface area contributed by atoms with Crippen LogP contribution in [0.25, 0.3) is 11.3 Å². The lowest BCUT2D eigenvalue weighted by Crippen LogP contribution is -2.36. The Labute approximate surface area is 192 Å². The van der Waals surface area contributed by atoms with E-state index in [9.17, 15) is 0 Å². The van der Waals surface area contributed by atoms with E-state index in [4.69, 9.17) is 19.9 Å². The van der Waals surface area contributed by atoms with Gasteiger partial charge < -0.3 is 30.2 Å². The van der Waals surface area contributed by atoms with Crippen LogP contribution in [0.4, 0.5) is 23.3 Å². The Hall–Kier alpha value is -3.50. The van der Waals surface area contributed by atoms with Gasteiger partial charge in [-0.2, -0.15) is 0 Å². The van der Waals surface area contributed by atoms with Crippen molar-refractivity contribution in [2.24, 2.45) is 0 Å². The van der Waals surface area contributed by atoms with Crippen LogP contribution in [0.2, 0.25) is 0 Å². The zero-order valence-corrected chi connectivity index (χ0v) is 18.3. The molecule has 3 N–H and O–H groups in total. The van der Waals surface area contributed by atoms with Crippen molar-refractivity contribution in [2.45, 2.75) is 18.9 Å². The lowest BCUT2D eigenvalue weighted by molar-refractivity contribution is 0.0259. The second kappa shape index (κ2) is 9.97. The van der Waals surface area contributed by atoms with Crippen molar-refractivity contribution in [1.29, 1.82) is 0 Å². The number of benzene rings is 1. The number of nitrogen functional groups attached to an aromatic ring is 1. The molecule has 0 amide bonds. The van der Waals surface area contributed by atoms with Gasteiger partial charge in [0.15, 0.2) is 5.82 Å². The summed E-state index contributed by atoms with van der Waals surface area (Å²) < 4.78 is 16.9. The lowest BCUT2D eigenvalue weighted by atomic mass is 10.1. The molecule has 2 aromatic heterocycles. The van der Waals surface area contributed by atoms with Crippen LogP contribution >= 0.6 is 0 Å². The molecule has 4 heterocycles. The van der Waals surface area contributed by atoms with Crippen molar-refractivity contribution in [1.82, 2.24) is 19.9 Å². The largest absolute Gasteiger partial charge is 0.488 e. The van der Waals surface area contributed by atoms with E-state index in [1.54, 1.807) is 18.6 Å². The molecule has 33 heavy (non-hydrogen) atoms. The molecule has 0 atom stereocenters. The topological polar surface area (TPSA) is 121 Å². The van der Waals surface area contributed by atoms with Crippen molar-refractivity contribution in [3.05, 3.63) is 42.9 Å². The summed E-state index contributed by atoms with van der Waals surface area (Å²) in [6.45, 7) is 4.40. The summed E-state index contributed by atoms with van der Waals surface area (Å²) in [4.78, 5) is 20.1. The van der Waals surface area contributed by atoms with E-state index in [0.717, 1.165) is 56.2 Å². The fraction of sp³-hybridized carbons (Fsp3) is 0.391. The Morgan fingerprint density at radius 1 is 1.00 bits per heavy atom. The van der Waals surface area contributed by atoms with Crippen LogP contribution in [0, 0.1) is 0 Å². The zero-order valence-electron chi connectivity index (χ0n) is 18.3. The van der Waals surface area contributed by atoms with Gasteiger partial charge in [0.25, 0.3) is 0 Å². The summed E-state index contributed by atoms with van der Waals surface area (Å²) >= 11 is 0. The zero-order chi connectivity index (χ0) is 22.5. The van der Waals surface area contributed by atoms with Gasteiger partial charge in [0.05, 0.1) is 50.2 Å². The van der Waals surface area contributed by atoms with Crippen LogP contribution in [0.15, 0.2) is 42.9 Å². The highest BCUT2D eigenvalue weighted by atomic mass is 16.5. The fourth-order valence-electron chi connectivity index (χ4n) is 3.84. The number of nitrogens with zero attached hydrogens (tertiary/aromatic N) is 5. The van der Waals surface area contributed by atoms with E-state index in [1.165, 1.54) is 0 Å². The standard InChI is InChI=1S/C23H27N7O3/c24-18-13-16(1-2-20(18)33-17-4-9-31-10-5-17)19-3-6-26-23(27-19)29-21-14-25-15-22(28-21)30-7-11-32-12-8-30/h1-3,6,13-15,17H,4-5,7-12,24H2,(H,26,27,28,29). The van der Waals surface area contributed by atoms with Gasteiger partial charge in [-0.3, -0.25) is 4.98 Å². The highest BCUT2D eigenvalue weighted by Crippen LogP contribution is 2.30. The summed E-state index contributed by atoms with van der Waals surface area (Å²) in [5, 5.41) is 3.15. The maximum absolute atomic E-state index is 6.28. The molecule has 0 saturated carbocycles. The number of nitrogens with two attached hydrogens (primary N) is 1. The third kappa shape index (κ3) is 5.29. The Morgan fingerprint density at radius 3 is 2.64 bits per heavy atom. The van der Waals surface area contributed by atoms with Crippen molar-refractivity contribution < 1.29 is 14.2 Å². The minimum absolute atomic E-state index is 0.135. The first-order valence-corrected chi connectivity index (χ1v) is 11.1. The van der Waals surface area contributed by atoms with Gasteiger partial charge in [0.1, 0.15) is 17.7 Å². The molecule has 10 nitrogen and oxygen atoms in total. The smallest absolute Gasteiger partial charge is 0.228 e. The normalized spacial score (nSPS) is 17.0. The van der Waals surface area contributed by atoms with Gasteiger partial charge in [-0.05, 0) is 24.3 Å². The predicted octanol–water partition coefficient (Wildman–Crippen LogP) is 2.65. The number of aromatic nitrogens is 4. The third-order valence-electron chi connectivity index (χ3n) is 5.62. The third-order valence-corrected chi connectivity index (χ3v) is 5.62. The van der Waals surface area contributed by atoms with Crippen molar-refractivity contribution >= 4 is 23.3 Å². The van der Waals surface area contributed by atoms with E-state index in [1.807, 2.05) is 24.3 Å². The van der Waals surface area contributed by atoms with Gasteiger partial charge in [-0.25, -0.2) is 15.0 Å². The molecule has 0 radical (unpaired) electrons. The molecular weight excluding hydrogens is 422 g/mol. The number of ether oxygens (including phenoxy) is 3. The van der Waals surface area contributed by atoms with Gasteiger partial charge in [-0.15, -0.1) is 0 Å². The van der Waals surface area contributed by atoms with Crippen LogP contribution in [0.1, 0.15) is 12.8 Å². The van der Waals surface area contributed by atoms with E-state index in [-0.39, 0.29) is 6.10 Å². The molecule has 2 aliphatic heterocycles. The molecule has 172 valence electrons. The number of nitrogens with one attached hydrogen (secondary N) is 1.